The molecule has 4 heterocycles. The highest BCUT2D eigenvalue weighted by Crippen LogP contribution is 2.34. The minimum atomic E-state index is -0.146. The molecule has 0 bridgehead atoms. The van der Waals surface area contributed by atoms with Crippen LogP contribution >= 0.6 is 0 Å². The average Bonchev–Trinajstić information content (AvgIpc) is 3.27. The number of nitrogens with one attached hydrogen (secondary N) is 1. The van der Waals surface area contributed by atoms with Gasteiger partial charge in [0.25, 0.3) is 5.91 Å². The molecule has 3 N–H and O–H groups in total. The number of ether oxygens (including phenoxy) is 2. The second-order valence-corrected chi connectivity index (χ2v) is 7.45. The zero-order valence-electron chi connectivity index (χ0n) is 17.5. The van der Waals surface area contributed by atoms with Crippen LogP contribution in [0, 0.1) is 0 Å². The van der Waals surface area contributed by atoms with Crippen LogP contribution < -0.4 is 10.5 Å². The number of anilines is 1. The number of amides is 1. The monoisotopic (exact) mass is 430 g/mol. The molecule has 1 saturated heterocycles. The van der Waals surface area contributed by atoms with Gasteiger partial charge >= 0.3 is 0 Å². The van der Waals surface area contributed by atoms with Crippen LogP contribution in [0.4, 0.5) is 5.82 Å². The number of nitrogen functional groups attached to an aromatic ring is 1. The molecule has 1 fully saturated rings. The first-order chi connectivity index (χ1) is 15.7. The summed E-state index contributed by atoms with van der Waals surface area (Å²) in [6.07, 6.45) is 3.37. The largest absolute Gasteiger partial charge is 0.496 e. The molecule has 0 aliphatic carbocycles. The number of aromatic amines is 1. The van der Waals surface area contributed by atoms with E-state index < -0.39 is 0 Å². The minimum absolute atomic E-state index is 0.146. The summed E-state index contributed by atoms with van der Waals surface area (Å²) in [5, 5.41) is 8.27. The van der Waals surface area contributed by atoms with Crippen molar-refractivity contribution >= 4 is 22.8 Å². The summed E-state index contributed by atoms with van der Waals surface area (Å²) >= 11 is 0. The van der Waals surface area contributed by atoms with Crippen LogP contribution in [0.25, 0.3) is 33.4 Å². The summed E-state index contributed by atoms with van der Waals surface area (Å²) in [6.45, 7) is 2.11. The van der Waals surface area contributed by atoms with Gasteiger partial charge in [0.1, 0.15) is 17.3 Å². The summed E-state index contributed by atoms with van der Waals surface area (Å²) in [7, 11) is 1.63. The lowest BCUT2D eigenvalue weighted by molar-refractivity contribution is 0.0303. The molecule has 162 valence electrons. The third-order valence-corrected chi connectivity index (χ3v) is 5.56. The number of carbonyl (C=O) groups excluding carboxylic acids is 1. The van der Waals surface area contributed by atoms with Crippen LogP contribution in [0.3, 0.4) is 0 Å². The molecular formula is C23H22N6O3. The van der Waals surface area contributed by atoms with Gasteiger partial charge in [-0.3, -0.25) is 9.89 Å². The number of nitrogens with zero attached hydrogens (tertiary/aromatic N) is 4. The fraction of sp³-hybridized carbons (Fsp3) is 0.217. The lowest BCUT2D eigenvalue weighted by Gasteiger charge is -2.27. The number of fused-ring (bicyclic) bond motifs is 1. The Balaban J connectivity index is 1.56. The predicted octanol–water partition coefficient (Wildman–Crippen LogP) is 2.75. The Morgan fingerprint density at radius 1 is 1.12 bits per heavy atom. The van der Waals surface area contributed by atoms with Gasteiger partial charge in [-0.1, -0.05) is 12.1 Å². The highest BCUT2D eigenvalue weighted by molar-refractivity contribution is 6.00. The van der Waals surface area contributed by atoms with Gasteiger partial charge in [0.15, 0.2) is 5.65 Å². The van der Waals surface area contributed by atoms with E-state index >= 15 is 0 Å². The molecule has 0 spiro atoms. The number of carbonyl (C=O) groups is 1. The molecule has 9 nitrogen and oxygen atoms in total. The number of aromatic nitrogens is 4. The van der Waals surface area contributed by atoms with E-state index in [0.717, 1.165) is 33.5 Å². The third-order valence-electron chi connectivity index (χ3n) is 5.56. The smallest absolute Gasteiger partial charge is 0.257 e. The molecule has 1 aliphatic heterocycles. The zero-order chi connectivity index (χ0) is 22.1. The van der Waals surface area contributed by atoms with Gasteiger partial charge in [0.05, 0.1) is 25.9 Å². The van der Waals surface area contributed by atoms with E-state index in [-0.39, 0.29) is 11.7 Å². The SMILES string of the molecule is COc1ccccc1-c1n[nH]c2ncc(-c3cnc(N)c(C(=O)N4CCOCC4)c3)cc12. The topological polar surface area (TPSA) is 119 Å². The molecule has 1 aromatic carbocycles. The number of benzene rings is 1. The van der Waals surface area contributed by atoms with Crippen molar-refractivity contribution in [2.24, 2.45) is 0 Å². The second-order valence-electron chi connectivity index (χ2n) is 7.45. The van der Waals surface area contributed by atoms with Crippen molar-refractivity contribution in [2.45, 2.75) is 0 Å². The minimum Gasteiger partial charge on any atom is -0.496 e. The fourth-order valence-electron chi connectivity index (χ4n) is 3.85. The summed E-state index contributed by atoms with van der Waals surface area (Å²) < 4.78 is 10.8. The van der Waals surface area contributed by atoms with Crippen LogP contribution in [0.1, 0.15) is 10.4 Å². The Hall–Kier alpha value is -3.98. The average molecular weight is 430 g/mol. The predicted molar refractivity (Wildman–Crippen MR) is 120 cm³/mol. The third kappa shape index (κ3) is 3.52. The molecule has 32 heavy (non-hydrogen) atoms. The molecule has 4 aromatic rings. The van der Waals surface area contributed by atoms with E-state index in [0.29, 0.717) is 37.5 Å². The van der Waals surface area contributed by atoms with Crippen LogP contribution in [0.15, 0.2) is 48.8 Å². The number of rotatable bonds is 4. The number of nitrogens with two attached hydrogens (primary N) is 1. The van der Waals surface area contributed by atoms with E-state index in [4.69, 9.17) is 15.2 Å². The van der Waals surface area contributed by atoms with Crippen molar-refractivity contribution in [2.75, 3.05) is 39.1 Å². The summed E-state index contributed by atoms with van der Waals surface area (Å²) in [5.41, 5.74) is 10.2. The van der Waals surface area contributed by atoms with Crippen molar-refractivity contribution < 1.29 is 14.3 Å². The Morgan fingerprint density at radius 2 is 1.88 bits per heavy atom. The highest BCUT2D eigenvalue weighted by atomic mass is 16.5. The van der Waals surface area contributed by atoms with E-state index in [1.807, 2.05) is 30.3 Å². The lowest BCUT2D eigenvalue weighted by Crippen LogP contribution is -2.41. The molecule has 5 rings (SSSR count). The van der Waals surface area contributed by atoms with Crippen LogP contribution in [-0.2, 0) is 4.74 Å². The number of hydrogen-bond acceptors (Lipinski definition) is 7. The number of para-hydroxylation sites is 1. The van der Waals surface area contributed by atoms with Gasteiger partial charge in [-0.05, 0) is 24.3 Å². The molecule has 9 heteroatoms. The Morgan fingerprint density at radius 3 is 2.69 bits per heavy atom. The first-order valence-electron chi connectivity index (χ1n) is 10.3. The maximum absolute atomic E-state index is 13.0. The number of morpholine rings is 1. The van der Waals surface area contributed by atoms with Crippen molar-refractivity contribution in [3.63, 3.8) is 0 Å². The summed E-state index contributed by atoms with van der Waals surface area (Å²) in [5.74, 6) is 0.781. The van der Waals surface area contributed by atoms with Gasteiger partial charge in [-0.2, -0.15) is 5.10 Å². The van der Waals surface area contributed by atoms with E-state index in [9.17, 15) is 4.79 Å². The molecular weight excluding hydrogens is 408 g/mol. The molecule has 0 unspecified atom stereocenters. The van der Waals surface area contributed by atoms with Crippen LogP contribution in [0.2, 0.25) is 0 Å². The Labute approximate surface area is 184 Å². The number of pyridine rings is 2. The maximum Gasteiger partial charge on any atom is 0.257 e. The first-order valence-corrected chi connectivity index (χ1v) is 10.3. The number of methoxy groups -OCH3 is 1. The quantitative estimate of drug-likeness (QED) is 0.511. The lowest BCUT2D eigenvalue weighted by atomic mass is 10.0. The van der Waals surface area contributed by atoms with E-state index in [2.05, 4.69) is 20.2 Å². The molecule has 1 amide bonds. The molecule has 3 aromatic heterocycles. The zero-order valence-corrected chi connectivity index (χ0v) is 17.5. The van der Waals surface area contributed by atoms with Gasteiger partial charge in [0.2, 0.25) is 0 Å². The van der Waals surface area contributed by atoms with Gasteiger partial charge in [0, 0.05) is 47.6 Å². The van der Waals surface area contributed by atoms with E-state index in [1.54, 1.807) is 30.5 Å². The van der Waals surface area contributed by atoms with Crippen LogP contribution in [-0.4, -0.2) is 64.4 Å². The van der Waals surface area contributed by atoms with Gasteiger partial charge in [-0.25, -0.2) is 9.97 Å². The van der Waals surface area contributed by atoms with Gasteiger partial charge < -0.3 is 20.1 Å². The summed E-state index contributed by atoms with van der Waals surface area (Å²) in [6, 6.07) is 11.4. The van der Waals surface area contributed by atoms with Crippen molar-refractivity contribution in [1.82, 2.24) is 25.1 Å². The van der Waals surface area contributed by atoms with E-state index in [1.165, 1.54) is 0 Å². The standard InChI is InChI=1S/C23H22N6O3/c1-31-19-5-3-2-4-16(19)20-17-10-14(13-26-22(17)28-27-20)15-11-18(21(24)25-12-15)23(30)29-6-8-32-9-7-29/h2-5,10-13H,6-9H2,1H3,(H2,24,25)(H,26,27,28). The number of hydrogen-bond donors (Lipinski definition) is 2. The normalized spacial score (nSPS) is 14.0. The van der Waals surface area contributed by atoms with Crippen molar-refractivity contribution in [3.8, 4) is 28.1 Å². The fourth-order valence-corrected chi connectivity index (χ4v) is 3.85. The molecule has 0 radical (unpaired) electrons. The molecule has 0 saturated carbocycles. The number of H-pyrrole nitrogens is 1. The molecule has 0 atom stereocenters. The van der Waals surface area contributed by atoms with Gasteiger partial charge in [-0.15, -0.1) is 0 Å². The first kappa shape index (κ1) is 20.0. The maximum atomic E-state index is 13.0. The van der Waals surface area contributed by atoms with Crippen LogP contribution in [0.5, 0.6) is 5.75 Å². The van der Waals surface area contributed by atoms with Crippen molar-refractivity contribution in [3.05, 3.63) is 54.4 Å². The Bertz CT molecular complexity index is 1300. The summed E-state index contributed by atoms with van der Waals surface area (Å²) in [4.78, 5) is 23.5. The van der Waals surface area contributed by atoms with Crippen molar-refractivity contribution in [1.29, 1.82) is 0 Å². The highest BCUT2D eigenvalue weighted by Gasteiger charge is 2.22. The molecule has 1 aliphatic rings. The Kier molecular flexibility index (Phi) is 5.16. The second kappa shape index (κ2) is 8.27.